The molecule has 3 rings (SSSR count). The van der Waals surface area contributed by atoms with E-state index in [0.29, 0.717) is 5.82 Å². The first kappa shape index (κ1) is 14.7. The van der Waals surface area contributed by atoms with Gasteiger partial charge in [0.15, 0.2) is 0 Å². The highest BCUT2D eigenvalue weighted by Gasteiger charge is 2.17. The number of hydrogen-bond acceptors (Lipinski definition) is 6. The number of rotatable bonds is 6. The summed E-state index contributed by atoms with van der Waals surface area (Å²) in [6, 6.07) is 4.02. The molecule has 1 aliphatic rings. The van der Waals surface area contributed by atoms with Crippen LogP contribution in [0.4, 0.5) is 0 Å². The van der Waals surface area contributed by atoms with E-state index in [1.807, 2.05) is 17.5 Å². The average Bonchev–Trinajstić information content (AvgIpc) is 3.19. The second-order valence-electron chi connectivity index (χ2n) is 5.61. The van der Waals surface area contributed by atoms with Gasteiger partial charge in [-0.25, -0.2) is 0 Å². The third kappa shape index (κ3) is 3.90. The minimum Gasteiger partial charge on any atom is -0.339 e. The van der Waals surface area contributed by atoms with E-state index in [2.05, 4.69) is 15.0 Å². The van der Waals surface area contributed by atoms with Crippen LogP contribution in [0.1, 0.15) is 25.2 Å². The van der Waals surface area contributed by atoms with Crippen LogP contribution < -0.4 is 5.73 Å². The summed E-state index contributed by atoms with van der Waals surface area (Å²) in [5, 5.41) is 6.07. The summed E-state index contributed by atoms with van der Waals surface area (Å²) in [7, 11) is 0. The Hall–Kier alpha value is -1.24. The van der Waals surface area contributed by atoms with Crippen LogP contribution >= 0.6 is 11.3 Å². The van der Waals surface area contributed by atoms with Crippen molar-refractivity contribution in [3.05, 3.63) is 23.4 Å². The maximum atomic E-state index is 5.72. The molecule has 0 aliphatic carbocycles. The van der Waals surface area contributed by atoms with Gasteiger partial charge in [-0.15, -0.1) is 11.3 Å². The summed E-state index contributed by atoms with van der Waals surface area (Å²) in [5.41, 5.74) is 5.72. The van der Waals surface area contributed by atoms with Crippen molar-refractivity contribution in [1.29, 1.82) is 0 Å². The molecule has 0 bridgehead atoms. The molecule has 114 valence electrons. The number of aromatic nitrogens is 2. The highest BCUT2D eigenvalue weighted by Crippen LogP contribution is 2.21. The van der Waals surface area contributed by atoms with Gasteiger partial charge in [-0.2, -0.15) is 4.98 Å². The molecule has 0 saturated carbocycles. The SMILES string of the molecule is NCC1CCN(CCCc2nc(-c3cccs3)no2)CC1. The first-order valence-corrected chi connectivity index (χ1v) is 8.52. The van der Waals surface area contributed by atoms with E-state index >= 15 is 0 Å². The lowest BCUT2D eigenvalue weighted by atomic mass is 9.97. The molecule has 3 heterocycles. The zero-order valence-electron chi connectivity index (χ0n) is 12.2. The quantitative estimate of drug-likeness (QED) is 0.887. The zero-order valence-corrected chi connectivity index (χ0v) is 13.0. The molecule has 0 atom stereocenters. The Kier molecular flexibility index (Phi) is 5.00. The Morgan fingerprint density at radius 3 is 2.95 bits per heavy atom. The number of thiophene rings is 1. The van der Waals surface area contributed by atoms with Crippen LogP contribution in [-0.4, -0.2) is 41.2 Å². The highest BCUT2D eigenvalue weighted by molar-refractivity contribution is 7.13. The van der Waals surface area contributed by atoms with Gasteiger partial charge in [-0.05, 0) is 62.8 Å². The molecule has 5 nitrogen and oxygen atoms in total. The molecule has 2 N–H and O–H groups in total. The lowest BCUT2D eigenvalue weighted by Crippen LogP contribution is -2.36. The van der Waals surface area contributed by atoms with Gasteiger partial charge in [0.2, 0.25) is 11.7 Å². The van der Waals surface area contributed by atoms with Gasteiger partial charge in [0.1, 0.15) is 0 Å². The molecule has 1 aliphatic heterocycles. The van der Waals surface area contributed by atoms with Crippen molar-refractivity contribution in [3.8, 4) is 10.7 Å². The number of nitrogens with zero attached hydrogens (tertiary/aromatic N) is 3. The first-order chi connectivity index (χ1) is 10.3. The van der Waals surface area contributed by atoms with Crippen molar-refractivity contribution in [2.45, 2.75) is 25.7 Å². The van der Waals surface area contributed by atoms with E-state index in [9.17, 15) is 0 Å². The third-order valence-corrected chi connectivity index (χ3v) is 4.98. The predicted octanol–water partition coefficient (Wildman–Crippen LogP) is 2.40. The molecule has 2 aromatic rings. The smallest absolute Gasteiger partial charge is 0.227 e. The molecule has 21 heavy (non-hydrogen) atoms. The van der Waals surface area contributed by atoms with Crippen LogP contribution in [0.5, 0.6) is 0 Å². The van der Waals surface area contributed by atoms with Crippen molar-refractivity contribution in [1.82, 2.24) is 15.0 Å². The highest BCUT2D eigenvalue weighted by atomic mass is 32.1. The van der Waals surface area contributed by atoms with Crippen molar-refractivity contribution < 1.29 is 4.52 Å². The Labute approximate surface area is 129 Å². The second-order valence-corrected chi connectivity index (χ2v) is 6.56. The summed E-state index contributed by atoms with van der Waals surface area (Å²) in [4.78, 5) is 8.04. The average molecular weight is 306 g/mol. The van der Waals surface area contributed by atoms with E-state index in [4.69, 9.17) is 10.3 Å². The van der Waals surface area contributed by atoms with Crippen molar-refractivity contribution in [3.63, 3.8) is 0 Å². The summed E-state index contributed by atoms with van der Waals surface area (Å²) < 4.78 is 5.32. The van der Waals surface area contributed by atoms with Gasteiger partial charge in [0, 0.05) is 6.42 Å². The van der Waals surface area contributed by atoms with Crippen molar-refractivity contribution in [2.24, 2.45) is 11.7 Å². The minimum absolute atomic E-state index is 0.712. The monoisotopic (exact) mass is 306 g/mol. The molecule has 0 radical (unpaired) electrons. The predicted molar refractivity (Wildman–Crippen MR) is 84.2 cm³/mol. The van der Waals surface area contributed by atoms with Crippen LogP contribution in [-0.2, 0) is 6.42 Å². The molecule has 1 saturated heterocycles. The van der Waals surface area contributed by atoms with Gasteiger partial charge < -0.3 is 15.2 Å². The molecule has 0 amide bonds. The molecule has 2 aromatic heterocycles. The van der Waals surface area contributed by atoms with Gasteiger partial charge in [0.05, 0.1) is 4.88 Å². The molecule has 0 aromatic carbocycles. The fraction of sp³-hybridized carbons (Fsp3) is 0.600. The largest absolute Gasteiger partial charge is 0.339 e. The number of aryl methyl sites for hydroxylation is 1. The van der Waals surface area contributed by atoms with E-state index in [-0.39, 0.29) is 0 Å². The van der Waals surface area contributed by atoms with Crippen LogP contribution in [0, 0.1) is 5.92 Å². The topological polar surface area (TPSA) is 68.2 Å². The van der Waals surface area contributed by atoms with E-state index in [1.54, 1.807) is 11.3 Å². The van der Waals surface area contributed by atoms with E-state index in [0.717, 1.165) is 42.6 Å². The summed E-state index contributed by atoms with van der Waals surface area (Å²) in [6.45, 7) is 4.29. The normalized spacial score (nSPS) is 17.4. The summed E-state index contributed by atoms with van der Waals surface area (Å²) in [5.74, 6) is 2.18. The number of piperidine rings is 1. The van der Waals surface area contributed by atoms with Crippen molar-refractivity contribution in [2.75, 3.05) is 26.2 Å². The first-order valence-electron chi connectivity index (χ1n) is 7.64. The Morgan fingerprint density at radius 2 is 2.24 bits per heavy atom. The Morgan fingerprint density at radius 1 is 1.38 bits per heavy atom. The summed E-state index contributed by atoms with van der Waals surface area (Å²) >= 11 is 1.63. The van der Waals surface area contributed by atoms with Gasteiger partial charge >= 0.3 is 0 Å². The fourth-order valence-corrected chi connectivity index (χ4v) is 3.41. The standard InChI is InChI=1S/C15H22N4OS/c16-11-12-5-8-19(9-6-12)7-1-4-14-17-15(18-20-14)13-3-2-10-21-13/h2-3,10,12H,1,4-9,11,16H2. The number of hydrogen-bond donors (Lipinski definition) is 1. The Bertz CT molecular complexity index is 532. The molecular formula is C15H22N4OS. The van der Waals surface area contributed by atoms with Crippen LogP contribution in [0.3, 0.4) is 0 Å². The molecule has 0 unspecified atom stereocenters. The van der Waals surface area contributed by atoms with Gasteiger partial charge in [-0.3, -0.25) is 0 Å². The van der Waals surface area contributed by atoms with E-state index < -0.39 is 0 Å². The number of nitrogens with two attached hydrogens (primary N) is 1. The summed E-state index contributed by atoms with van der Waals surface area (Å²) in [6.07, 6.45) is 4.40. The minimum atomic E-state index is 0.712. The van der Waals surface area contributed by atoms with Crippen molar-refractivity contribution >= 4 is 11.3 Å². The second kappa shape index (κ2) is 7.15. The van der Waals surface area contributed by atoms with Crippen LogP contribution in [0.2, 0.25) is 0 Å². The third-order valence-electron chi connectivity index (χ3n) is 4.12. The maximum Gasteiger partial charge on any atom is 0.227 e. The van der Waals surface area contributed by atoms with Crippen LogP contribution in [0.15, 0.2) is 22.0 Å². The van der Waals surface area contributed by atoms with Crippen LogP contribution in [0.25, 0.3) is 10.7 Å². The number of likely N-dealkylation sites (tertiary alicyclic amines) is 1. The van der Waals surface area contributed by atoms with E-state index in [1.165, 1.54) is 25.9 Å². The zero-order chi connectivity index (χ0) is 14.5. The van der Waals surface area contributed by atoms with Gasteiger partial charge in [0.25, 0.3) is 0 Å². The molecule has 1 fully saturated rings. The molecule has 0 spiro atoms. The Balaban J connectivity index is 1.42. The fourth-order valence-electron chi connectivity index (χ4n) is 2.76. The molecule has 6 heteroatoms. The lowest BCUT2D eigenvalue weighted by molar-refractivity contribution is 0.184. The molecular weight excluding hydrogens is 284 g/mol. The van der Waals surface area contributed by atoms with Gasteiger partial charge in [-0.1, -0.05) is 11.2 Å². The lowest BCUT2D eigenvalue weighted by Gasteiger charge is -2.31. The maximum absolute atomic E-state index is 5.72.